The van der Waals surface area contributed by atoms with Crippen LogP contribution in [-0.2, 0) is 15.4 Å². The summed E-state index contributed by atoms with van der Waals surface area (Å²) >= 11 is 0. The first-order valence-electron chi connectivity index (χ1n) is 6.81. The first-order valence-corrected chi connectivity index (χ1v) is 6.81. The quantitative estimate of drug-likeness (QED) is 0.525. The SMILES string of the molecule is C=C(C)c1ccc(C(C)(C)OOC(C)(C)CC)cc1. The lowest BCUT2D eigenvalue weighted by Gasteiger charge is -2.30. The number of benzene rings is 1. The van der Waals surface area contributed by atoms with Crippen molar-refractivity contribution in [1.29, 1.82) is 0 Å². The summed E-state index contributed by atoms with van der Waals surface area (Å²) in [6.07, 6.45) is 0.900. The third kappa shape index (κ3) is 4.48. The Bertz CT molecular complexity index is 427. The molecule has 0 N–H and O–H groups in total. The summed E-state index contributed by atoms with van der Waals surface area (Å²) in [5.74, 6) is 0. The number of hydrogen-bond acceptors (Lipinski definition) is 2. The highest BCUT2D eigenvalue weighted by Gasteiger charge is 2.27. The zero-order chi connectivity index (χ0) is 14.7. The Kier molecular flexibility index (Phi) is 4.94. The largest absolute Gasteiger partial charge is 0.230 e. The fourth-order valence-corrected chi connectivity index (χ4v) is 1.48. The van der Waals surface area contributed by atoms with E-state index in [1.807, 2.05) is 34.6 Å². The molecule has 1 aromatic rings. The van der Waals surface area contributed by atoms with Gasteiger partial charge in [-0.15, -0.1) is 0 Å². The van der Waals surface area contributed by atoms with Crippen LogP contribution < -0.4 is 0 Å². The fraction of sp³-hybridized carbons (Fsp3) is 0.529. The molecule has 0 saturated carbocycles. The van der Waals surface area contributed by atoms with Crippen molar-refractivity contribution in [3.63, 3.8) is 0 Å². The molecule has 1 rings (SSSR count). The maximum atomic E-state index is 5.65. The minimum Gasteiger partial charge on any atom is -0.230 e. The van der Waals surface area contributed by atoms with Crippen molar-refractivity contribution in [3.05, 3.63) is 42.0 Å². The van der Waals surface area contributed by atoms with Crippen molar-refractivity contribution < 1.29 is 9.78 Å². The van der Waals surface area contributed by atoms with Gasteiger partial charge in [0.1, 0.15) is 5.60 Å². The van der Waals surface area contributed by atoms with E-state index in [4.69, 9.17) is 9.78 Å². The van der Waals surface area contributed by atoms with E-state index in [-0.39, 0.29) is 5.60 Å². The smallest absolute Gasteiger partial charge is 0.123 e. The molecule has 19 heavy (non-hydrogen) atoms. The van der Waals surface area contributed by atoms with Gasteiger partial charge in [-0.3, -0.25) is 0 Å². The van der Waals surface area contributed by atoms with Crippen LogP contribution in [0.4, 0.5) is 0 Å². The van der Waals surface area contributed by atoms with Gasteiger partial charge in [0.15, 0.2) is 0 Å². The minimum atomic E-state index is -0.472. The second kappa shape index (κ2) is 5.89. The Morgan fingerprint density at radius 3 is 2.00 bits per heavy atom. The highest BCUT2D eigenvalue weighted by molar-refractivity contribution is 5.61. The first-order chi connectivity index (χ1) is 8.68. The van der Waals surface area contributed by atoms with E-state index in [1.54, 1.807) is 0 Å². The van der Waals surface area contributed by atoms with Crippen molar-refractivity contribution >= 4 is 5.57 Å². The van der Waals surface area contributed by atoms with Gasteiger partial charge >= 0.3 is 0 Å². The third-order valence-corrected chi connectivity index (χ3v) is 3.40. The molecule has 106 valence electrons. The van der Waals surface area contributed by atoms with Crippen molar-refractivity contribution in [1.82, 2.24) is 0 Å². The van der Waals surface area contributed by atoms with Crippen LogP contribution in [0.2, 0.25) is 0 Å². The molecule has 0 radical (unpaired) electrons. The number of hydrogen-bond donors (Lipinski definition) is 0. The monoisotopic (exact) mass is 262 g/mol. The topological polar surface area (TPSA) is 18.5 Å². The Balaban J connectivity index is 2.79. The zero-order valence-electron chi connectivity index (χ0n) is 13.0. The van der Waals surface area contributed by atoms with Gasteiger partial charge in [-0.25, -0.2) is 9.78 Å². The van der Waals surface area contributed by atoms with Gasteiger partial charge in [0, 0.05) is 0 Å². The van der Waals surface area contributed by atoms with E-state index < -0.39 is 5.60 Å². The molecule has 1 aromatic carbocycles. The summed E-state index contributed by atoms with van der Waals surface area (Å²) in [5.41, 5.74) is 2.56. The summed E-state index contributed by atoms with van der Waals surface area (Å²) in [4.78, 5) is 11.2. The third-order valence-electron chi connectivity index (χ3n) is 3.40. The molecule has 0 heterocycles. The molecule has 0 atom stereocenters. The summed E-state index contributed by atoms with van der Waals surface area (Å²) in [5, 5.41) is 0. The van der Waals surface area contributed by atoms with Crippen LogP contribution in [0, 0.1) is 0 Å². The van der Waals surface area contributed by atoms with E-state index in [9.17, 15) is 0 Å². The van der Waals surface area contributed by atoms with E-state index >= 15 is 0 Å². The van der Waals surface area contributed by atoms with Crippen LogP contribution in [0.1, 0.15) is 59.1 Å². The van der Waals surface area contributed by atoms with Crippen LogP contribution in [0.25, 0.3) is 5.57 Å². The van der Waals surface area contributed by atoms with Gasteiger partial charge in [-0.05, 0) is 52.2 Å². The Morgan fingerprint density at radius 1 is 1.05 bits per heavy atom. The molecule has 0 saturated heterocycles. The molecule has 0 bridgehead atoms. The van der Waals surface area contributed by atoms with Crippen LogP contribution in [0.3, 0.4) is 0 Å². The number of rotatable bonds is 6. The average Bonchev–Trinajstić information content (AvgIpc) is 2.37. The second-order valence-electron chi connectivity index (χ2n) is 6.15. The summed E-state index contributed by atoms with van der Waals surface area (Å²) in [6, 6.07) is 8.25. The van der Waals surface area contributed by atoms with Crippen LogP contribution in [-0.4, -0.2) is 5.60 Å². The molecule has 2 nitrogen and oxygen atoms in total. The van der Waals surface area contributed by atoms with E-state index in [0.29, 0.717) is 0 Å². The molecule has 0 amide bonds. The van der Waals surface area contributed by atoms with Crippen molar-refractivity contribution in [2.45, 2.75) is 59.2 Å². The lowest BCUT2D eigenvalue weighted by Crippen LogP contribution is -2.30. The maximum absolute atomic E-state index is 5.65. The summed E-state index contributed by atoms with van der Waals surface area (Å²) in [6.45, 7) is 16.1. The normalized spacial score (nSPS) is 12.5. The molecule has 0 fully saturated rings. The van der Waals surface area contributed by atoms with Gasteiger partial charge in [0.2, 0.25) is 0 Å². The predicted octanol–water partition coefficient (Wildman–Crippen LogP) is 5.09. The second-order valence-corrected chi connectivity index (χ2v) is 6.15. The highest BCUT2D eigenvalue weighted by Crippen LogP contribution is 2.29. The van der Waals surface area contributed by atoms with Gasteiger partial charge < -0.3 is 0 Å². The van der Waals surface area contributed by atoms with E-state index in [2.05, 4.69) is 37.8 Å². The van der Waals surface area contributed by atoms with E-state index in [0.717, 1.165) is 23.1 Å². The molecule has 0 aliphatic heterocycles. The lowest BCUT2D eigenvalue weighted by atomic mass is 9.96. The standard InChI is InChI=1S/C17H26O2/c1-8-16(4,5)18-19-17(6,7)15-11-9-14(10-12-15)13(2)3/h9-12H,2,8H2,1,3-7H3. The Labute approximate surface area is 117 Å². The molecule has 0 aromatic heterocycles. The van der Waals surface area contributed by atoms with Crippen LogP contribution in [0.15, 0.2) is 30.8 Å². The maximum Gasteiger partial charge on any atom is 0.123 e. The Hall–Kier alpha value is -1.12. The lowest BCUT2D eigenvalue weighted by molar-refractivity contribution is -0.405. The van der Waals surface area contributed by atoms with Gasteiger partial charge in [-0.2, -0.15) is 0 Å². The van der Waals surface area contributed by atoms with Gasteiger partial charge in [0.05, 0.1) is 5.60 Å². The number of allylic oxidation sites excluding steroid dienone is 1. The molecule has 2 heteroatoms. The summed E-state index contributed by atoms with van der Waals surface area (Å²) < 4.78 is 0. The van der Waals surface area contributed by atoms with E-state index in [1.165, 1.54) is 0 Å². The summed E-state index contributed by atoms with van der Waals surface area (Å²) in [7, 11) is 0. The fourth-order valence-electron chi connectivity index (χ4n) is 1.48. The van der Waals surface area contributed by atoms with Crippen molar-refractivity contribution in [3.8, 4) is 0 Å². The molecule has 0 spiro atoms. The molecule has 0 aliphatic carbocycles. The molecule has 0 unspecified atom stereocenters. The molecular formula is C17H26O2. The average molecular weight is 262 g/mol. The van der Waals surface area contributed by atoms with Gasteiger partial charge in [0.25, 0.3) is 0 Å². The first kappa shape index (κ1) is 15.9. The Morgan fingerprint density at radius 2 is 1.58 bits per heavy atom. The van der Waals surface area contributed by atoms with Crippen molar-refractivity contribution in [2.75, 3.05) is 0 Å². The molecule has 0 aliphatic rings. The molecular weight excluding hydrogens is 236 g/mol. The van der Waals surface area contributed by atoms with Gasteiger partial charge in [-0.1, -0.05) is 43.3 Å². The highest BCUT2D eigenvalue weighted by atomic mass is 17.2. The predicted molar refractivity (Wildman–Crippen MR) is 80.7 cm³/mol. The zero-order valence-corrected chi connectivity index (χ0v) is 13.0. The van der Waals surface area contributed by atoms with Crippen molar-refractivity contribution in [2.24, 2.45) is 0 Å². The minimum absolute atomic E-state index is 0.269. The van der Waals surface area contributed by atoms with Crippen LogP contribution >= 0.6 is 0 Å². The van der Waals surface area contributed by atoms with Crippen LogP contribution in [0.5, 0.6) is 0 Å².